The SMILES string of the molecule is Cc1cccc(NC(=O)CSc2nnc(-c3ccco3)n2CC2CCCO2)c1. The van der Waals surface area contributed by atoms with E-state index in [1.165, 1.54) is 11.8 Å². The third-order valence-corrected chi connectivity index (χ3v) is 5.47. The average molecular weight is 398 g/mol. The summed E-state index contributed by atoms with van der Waals surface area (Å²) in [5, 5.41) is 12.2. The molecular formula is C20H22N4O3S. The maximum absolute atomic E-state index is 12.4. The number of carbonyl (C=O) groups excluding carboxylic acids is 1. The fraction of sp³-hybridized carbons (Fsp3) is 0.350. The monoisotopic (exact) mass is 398 g/mol. The molecule has 8 heteroatoms. The van der Waals surface area contributed by atoms with Gasteiger partial charge in [0.25, 0.3) is 0 Å². The molecule has 1 N–H and O–H groups in total. The van der Waals surface area contributed by atoms with Crippen molar-refractivity contribution in [3.63, 3.8) is 0 Å². The third kappa shape index (κ3) is 4.45. The van der Waals surface area contributed by atoms with Crippen LogP contribution in [0.2, 0.25) is 0 Å². The summed E-state index contributed by atoms with van der Waals surface area (Å²) in [5.74, 6) is 1.47. The van der Waals surface area contributed by atoms with Crippen LogP contribution in [0.15, 0.2) is 52.2 Å². The number of benzene rings is 1. The molecule has 1 aromatic carbocycles. The van der Waals surface area contributed by atoms with E-state index in [1.807, 2.05) is 47.9 Å². The van der Waals surface area contributed by atoms with E-state index in [4.69, 9.17) is 9.15 Å². The van der Waals surface area contributed by atoms with Gasteiger partial charge in [0, 0.05) is 12.3 Å². The van der Waals surface area contributed by atoms with Crippen molar-refractivity contribution in [2.24, 2.45) is 0 Å². The number of thioether (sulfide) groups is 1. The van der Waals surface area contributed by atoms with Gasteiger partial charge < -0.3 is 14.5 Å². The highest BCUT2D eigenvalue weighted by atomic mass is 32.2. The highest BCUT2D eigenvalue weighted by Gasteiger charge is 2.23. The molecule has 1 aliphatic rings. The summed E-state index contributed by atoms with van der Waals surface area (Å²) in [6.07, 6.45) is 3.81. The van der Waals surface area contributed by atoms with E-state index in [9.17, 15) is 4.79 Å². The second kappa shape index (κ2) is 8.62. The lowest BCUT2D eigenvalue weighted by Gasteiger charge is -2.14. The van der Waals surface area contributed by atoms with Gasteiger partial charge in [0.05, 0.1) is 24.7 Å². The molecule has 3 aromatic rings. The summed E-state index contributed by atoms with van der Waals surface area (Å²) in [5.41, 5.74) is 1.90. The molecule has 0 saturated carbocycles. The van der Waals surface area contributed by atoms with Gasteiger partial charge in [-0.15, -0.1) is 10.2 Å². The van der Waals surface area contributed by atoms with E-state index in [-0.39, 0.29) is 17.8 Å². The Balaban J connectivity index is 1.46. The molecule has 0 spiro atoms. The average Bonchev–Trinajstić information content (AvgIpc) is 3.43. The minimum absolute atomic E-state index is 0.0817. The molecule has 1 amide bonds. The third-order valence-electron chi connectivity index (χ3n) is 4.50. The van der Waals surface area contributed by atoms with E-state index in [1.54, 1.807) is 6.26 Å². The van der Waals surface area contributed by atoms with E-state index in [0.29, 0.717) is 23.3 Å². The number of furan rings is 1. The van der Waals surface area contributed by atoms with Gasteiger partial charge in [-0.25, -0.2) is 0 Å². The zero-order chi connectivity index (χ0) is 19.3. The number of carbonyl (C=O) groups is 1. The maximum Gasteiger partial charge on any atom is 0.234 e. The van der Waals surface area contributed by atoms with Crippen LogP contribution in [0.4, 0.5) is 5.69 Å². The van der Waals surface area contributed by atoms with E-state index in [0.717, 1.165) is 30.7 Å². The van der Waals surface area contributed by atoms with Gasteiger partial charge in [-0.05, 0) is 49.6 Å². The molecular weight excluding hydrogens is 376 g/mol. The number of nitrogens with one attached hydrogen (secondary N) is 1. The van der Waals surface area contributed by atoms with E-state index >= 15 is 0 Å². The van der Waals surface area contributed by atoms with Crippen molar-refractivity contribution < 1.29 is 13.9 Å². The van der Waals surface area contributed by atoms with Gasteiger partial charge in [0.15, 0.2) is 10.9 Å². The predicted molar refractivity (Wildman–Crippen MR) is 107 cm³/mol. The quantitative estimate of drug-likeness (QED) is 0.610. The number of hydrogen-bond donors (Lipinski definition) is 1. The summed E-state index contributed by atoms with van der Waals surface area (Å²) in [4.78, 5) is 12.4. The summed E-state index contributed by atoms with van der Waals surface area (Å²) < 4.78 is 13.3. The second-order valence-corrected chi connectivity index (χ2v) is 7.68. The highest BCUT2D eigenvalue weighted by molar-refractivity contribution is 7.99. The number of anilines is 1. The first-order valence-electron chi connectivity index (χ1n) is 9.27. The van der Waals surface area contributed by atoms with Gasteiger partial charge in [0.2, 0.25) is 11.7 Å². The molecule has 7 nitrogen and oxygen atoms in total. The molecule has 1 unspecified atom stereocenters. The smallest absolute Gasteiger partial charge is 0.234 e. The van der Waals surface area contributed by atoms with Crippen LogP contribution < -0.4 is 5.32 Å². The Morgan fingerprint density at radius 1 is 1.32 bits per heavy atom. The Hall–Kier alpha value is -2.58. The van der Waals surface area contributed by atoms with Crippen LogP contribution in [0.3, 0.4) is 0 Å². The molecule has 4 rings (SSSR count). The molecule has 0 radical (unpaired) electrons. The molecule has 28 heavy (non-hydrogen) atoms. The fourth-order valence-electron chi connectivity index (χ4n) is 3.19. The van der Waals surface area contributed by atoms with Crippen molar-refractivity contribution in [3.05, 3.63) is 48.2 Å². The van der Waals surface area contributed by atoms with Crippen molar-refractivity contribution in [2.75, 3.05) is 17.7 Å². The van der Waals surface area contributed by atoms with Crippen LogP contribution in [0.25, 0.3) is 11.6 Å². The summed E-state index contributed by atoms with van der Waals surface area (Å²) in [7, 11) is 0. The lowest BCUT2D eigenvalue weighted by Crippen LogP contribution is -2.18. The fourth-order valence-corrected chi connectivity index (χ4v) is 3.94. The minimum atomic E-state index is -0.0817. The number of hydrogen-bond acceptors (Lipinski definition) is 6. The first-order valence-corrected chi connectivity index (χ1v) is 10.3. The van der Waals surface area contributed by atoms with Crippen molar-refractivity contribution in [2.45, 2.75) is 37.6 Å². The molecule has 1 saturated heterocycles. The topological polar surface area (TPSA) is 82.2 Å². The molecule has 0 aliphatic carbocycles. The zero-order valence-corrected chi connectivity index (χ0v) is 16.4. The molecule has 2 aromatic heterocycles. The second-order valence-electron chi connectivity index (χ2n) is 6.74. The van der Waals surface area contributed by atoms with Gasteiger partial charge in [-0.3, -0.25) is 9.36 Å². The Morgan fingerprint density at radius 2 is 2.25 bits per heavy atom. The first-order chi connectivity index (χ1) is 13.7. The number of amides is 1. The standard InChI is InChI=1S/C20H22N4O3S/c1-14-5-2-6-15(11-14)21-18(25)13-28-20-23-22-19(17-8-4-10-27-17)24(20)12-16-7-3-9-26-16/h2,4-6,8,10-11,16H,3,7,9,12-13H2,1H3,(H,21,25). The van der Waals surface area contributed by atoms with Gasteiger partial charge in [0.1, 0.15) is 0 Å². The predicted octanol–water partition coefficient (Wildman–Crippen LogP) is 3.76. The van der Waals surface area contributed by atoms with Gasteiger partial charge in [-0.2, -0.15) is 0 Å². The van der Waals surface area contributed by atoms with Crippen LogP contribution in [0, 0.1) is 6.92 Å². The summed E-state index contributed by atoms with van der Waals surface area (Å²) >= 11 is 1.36. The van der Waals surface area contributed by atoms with Gasteiger partial charge >= 0.3 is 0 Å². The maximum atomic E-state index is 12.4. The van der Waals surface area contributed by atoms with Crippen molar-refractivity contribution >= 4 is 23.4 Å². The van der Waals surface area contributed by atoms with Crippen molar-refractivity contribution in [1.29, 1.82) is 0 Å². The molecule has 1 fully saturated rings. The van der Waals surface area contributed by atoms with E-state index < -0.39 is 0 Å². The first kappa shape index (κ1) is 18.8. The van der Waals surface area contributed by atoms with E-state index in [2.05, 4.69) is 15.5 Å². The van der Waals surface area contributed by atoms with Crippen molar-refractivity contribution in [1.82, 2.24) is 14.8 Å². The van der Waals surface area contributed by atoms with Crippen molar-refractivity contribution in [3.8, 4) is 11.6 Å². The Kier molecular flexibility index (Phi) is 5.78. The summed E-state index contributed by atoms with van der Waals surface area (Å²) in [6.45, 7) is 3.42. The van der Waals surface area contributed by atoms with Crippen LogP contribution >= 0.6 is 11.8 Å². The van der Waals surface area contributed by atoms with Crippen LogP contribution in [0.5, 0.6) is 0 Å². The van der Waals surface area contributed by atoms with Crippen LogP contribution in [-0.2, 0) is 16.1 Å². The lowest BCUT2D eigenvalue weighted by atomic mass is 10.2. The largest absolute Gasteiger partial charge is 0.461 e. The number of aromatic nitrogens is 3. The number of nitrogens with zero attached hydrogens (tertiary/aromatic N) is 3. The molecule has 0 bridgehead atoms. The zero-order valence-electron chi connectivity index (χ0n) is 15.6. The normalized spacial score (nSPS) is 16.4. The molecule has 146 valence electrons. The Labute approximate surface area is 167 Å². The summed E-state index contributed by atoms with van der Waals surface area (Å²) in [6, 6.07) is 11.4. The van der Waals surface area contributed by atoms with Gasteiger partial charge in [-0.1, -0.05) is 23.9 Å². The van der Waals surface area contributed by atoms with Crippen LogP contribution in [-0.4, -0.2) is 39.1 Å². The minimum Gasteiger partial charge on any atom is -0.461 e. The lowest BCUT2D eigenvalue weighted by molar-refractivity contribution is -0.113. The Morgan fingerprint density at radius 3 is 3.00 bits per heavy atom. The molecule has 3 heterocycles. The number of ether oxygens (including phenoxy) is 1. The molecule has 1 atom stereocenters. The molecule has 1 aliphatic heterocycles. The number of aryl methyl sites for hydroxylation is 1. The highest BCUT2D eigenvalue weighted by Crippen LogP contribution is 2.27. The Bertz CT molecular complexity index is 933. The number of rotatable bonds is 7. The van der Waals surface area contributed by atoms with Crippen LogP contribution in [0.1, 0.15) is 18.4 Å².